The van der Waals surface area contributed by atoms with Crippen molar-refractivity contribution in [1.29, 1.82) is 0 Å². The highest BCUT2D eigenvalue weighted by Gasteiger charge is 2.28. The lowest BCUT2D eigenvalue weighted by Crippen LogP contribution is -2.35. The summed E-state index contributed by atoms with van der Waals surface area (Å²) in [7, 11) is 0. The number of carbonyl (C=O) groups is 1. The largest absolute Gasteiger partial charge is 0.458 e. The Morgan fingerprint density at radius 2 is 1.82 bits per heavy atom. The number of hydrogen-bond donors (Lipinski definition) is 0. The Kier molecular flexibility index (Phi) is 6.84. The molecule has 1 saturated carbocycles. The average molecular weight is 484 g/mol. The van der Waals surface area contributed by atoms with Crippen LogP contribution in [0, 0.1) is 12.8 Å². The van der Waals surface area contributed by atoms with Crippen LogP contribution in [0.1, 0.15) is 65.7 Å². The number of halogens is 1. The summed E-state index contributed by atoms with van der Waals surface area (Å²) in [5.41, 5.74) is 2.31. The van der Waals surface area contributed by atoms with Crippen molar-refractivity contribution >= 4 is 44.9 Å². The number of aryl methyl sites for hydroxylation is 1. The molecule has 0 amide bonds. The van der Waals surface area contributed by atoms with Gasteiger partial charge in [-0.15, -0.1) is 11.3 Å². The predicted octanol–water partition coefficient (Wildman–Crippen LogP) is 6.60. The van der Waals surface area contributed by atoms with E-state index in [0.717, 1.165) is 79.6 Å². The molecule has 0 atom stereocenters. The summed E-state index contributed by atoms with van der Waals surface area (Å²) in [4.78, 5) is 25.8. The molecular weight excluding hydrogens is 454 g/mol. The minimum atomic E-state index is -0.231. The van der Waals surface area contributed by atoms with Crippen LogP contribution >= 0.6 is 22.9 Å². The second kappa shape index (κ2) is 9.98. The molecule has 1 aliphatic heterocycles. The first-order chi connectivity index (χ1) is 16.1. The Morgan fingerprint density at radius 3 is 2.55 bits per heavy atom. The SMILES string of the molecule is Cc1c(C(=O)OC2CCCCC2)sc2nc(Cl)nc(N3CCC(Cc4ccccc4)CC3)c12. The number of fused-ring (bicyclic) bond motifs is 1. The van der Waals surface area contributed by atoms with Gasteiger partial charge < -0.3 is 9.64 Å². The molecule has 1 aromatic carbocycles. The maximum absolute atomic E-state index is 13.0. The Bertz CT molecular complexity index is 1120. The van der Waals surface area contributed by atoms with Crippen molar-refractivity contribution in [2.45, 2.75) is 64.4 Å². The van der Waals surface area contributed by atoms with E-state index >= 15 is 0 Å². The standard InChI is InChI=1S/C26H30ClN3O2S/c1-17-21-23(30-14-12-19(13-15-30)16-18-8-4-2-5-9-18)28-26(27)29-24(21)33-22(17)25(31)32-20-10-6-3-7-11-20/h2,4-5,8-9,19-20H,3,6-7,10-16H2,1H3. The van der Waals surface area contributed by atoms with E-state index in [1.165, 1.54) is 23.3 Å². The van der Waals surface area contributed by atoms with E-state index < -0.39 is 0 Å². The fourth-order valence-electron chi connectivity index (χ4n) is 5.20. The summed E-state index contributed by atoms with van der Waals surface area (Å²) in [6, 6.07) is 10.7. The third kappa shape index (κ3) is 5.02. The molecule has 1 saturated heterocycles. The minimum Gasteiger partial charge on any atom is -0.458 e. The topological polar surface area (TPSA) is 55.3 Å². The number of nitrogens with zero attached hydrogens (tertiary/aromatic N) is 3. The van der Waals surface area contributed by atoms with Crippen molar-refractivity contribution in [1.82, 2.24) is 9.97 Å². The van der Waals surface area contributed by atoms with Gasteiger partial charge in [-0.2, -0.15) is 4.98 Å². The molecule has 1 aliphatic carbocycles. The summed E-state index contributed by atoms with van der Waals surface area (Å²) in [5, 5.41) is 1.18. The number of piperidine rings is 1. The Hall–Kier alpha value is -2.18. The van der Waals surface area contributed by atoms with Crippen LogP contribution < -0.4 is 4.90 Å². The first-order valence-electron chi connectivity index (χ1n) is 12.0. The molecule has 3 heterocycles. The van der Waals surface area contributed by atoms with Crippen molar-refractivity contribution in [2.75, 3.05) is 18.0 Å². The molecular formula is C26H30ClN3O2S. The van der Waals surface area contributed by atoms with E-state index in [-0.39, 0.29) is 17.4 Å². The molecule has 2 aromatic heterocycles. The van der Waals surface area contributed by atoms with Crippen LogP contribution in [0.2, 0.25) is 5.28 Å². The van der Waals surface area contributed by atoms with E-state index in [9.17, 15) is 4.79 Å². The van der Waals surface area contributed by atoms with Crippen LogP contribution in [0.25, 0.3) is 10.2 Å². The van der Waals surface area contributed by atoms with Crippen LogP contribution in [0.4, 0.5) is 5.82 Å². The van der Waals surface area contributed by atoms with Crippen molar-refractivity contribution in [3.05, 3.63) is 51.6 Å². The minimum absolute atomic E-state index is 0.0358. The fraction of sp³-hybridized carbons (Fsp3) is 0.500. The summed E-state index contributed by atoms with van der Waals surface area (Å²) in [6.07, 6.45) is 8.79. The molecule has 5 nitrogen and oxygen atoms in total. The molecule has 0 bridgehead atoms. The van der Waals surface area contributed by atoms with E-state index in [1.807, 2.05) is 6.92 Å². The van der Waals surface area contributed by atoms with Crippen LogP contribution in [0.3, 0.4) is 0 Å². The van der Waals surface area contributed by atoms with Gasteiger partial charge in [0.05, 0.1) is 5.39 Å². The van der Waals surface area contributed by atoms with Gasteiger partial charge in [0.15, 0.2) is 0 Å². The lowest BCUT2D eigenvalue weighted by Gasteiger charge is -2.33. The van der Waals surface area contributed by atoms with Gasteiger partial charge in [-0.05, 0) is 80.5 Å². The normalized spacial score (nSPS) is 18.1. The van der Waals surface area contributed by atoms with Gasteiger partial charge in [-0.3, -0.25) is 0 Å². The zero-order chi connectivity index (χ0) is 22.8. The van der Waals surface area contributed by atoms with E-state index in [4.69, 9.17) is 16.3 Å². The maximum atomic E-state index is 13.0. The number of hydrogen-bond acceptors (Lipinski definition) is 6. The Morgan fingerprint density at radius 1 is 1.09 bits per heavy atom. The average Bonchev–Trinajstić information content (AvgIpc) is 3.16. The van der Waals surface area contributed by atoms with Gasteiger partial charge >= 0.3 is 5.97 Å². The van der Waals surface area contributed by atoms with Gasteiger partial charge in [0.2, 0.25) is 5.28 Å². The first kappa shape index (κ1) is 22.6. The van der Waals surface area contributed by atoms with Gasteiger partial charge in [-0.1, -0.05) is 36.8 Å². The highest BCUT2D eigenvalue weighted by atomic mass is 35.5. The highest BCUT2D eigenvalue weighted by Crippen LogP contribution is 2.38. The number of anilines is 1. The van der Waals surface area contributed by atoms with Crippen molar-refractivity contribution in [3.8, 4) is 0 Å². The summed E-state index contributed by atoms with van der Waals surface area (Å²) in [6.45, 7) is 3.84. The molecule has 0 N–H and O–H groups in total. The van der Waals surface area contributed by atoms with E-state index in [2.05, 4.69) is 45.2 Å². The fourth-order valence-corrected chi connectivity index (χ4v) is 6.47. The zero-order valence-corrected chi connectivity index (χ0v) is 20.6. The third-order valence-electron chi connectivity index (χ3n) is 7.04. The van der Waals surface area contributed by atoms with Gasteiger partial charge in [0.1, 0.15) is 21.6 Å². The maximum Gasteiger partial charge on any atom is 0.348 e. The molecule has 33 heavy (non-hydrogen) atoms. The van der Waals surface area contributed by atoms with Gasteiger partial charge in [0.25, 0.3) is 0 Å². The first-order valence-corrected chi connectivity index (χ1v) is 13.2. The third-order valence-corrected chi connectivity index (χ3v) is 8.37. The summed E-state index contributed by atoms with van der Waals surface area (Å²) >= 11 is 7.70. The van der Waals surface area contributed by atoms with Crippen molar-refractivity contribution in [3.63, 3.8) is 0 Å². The Balaban J connectivity index is 1.34. The lowest BCUT2D eigenvalue weighted by atomic mass is 9.90. The number of benzene rings is 1. The number of ether oxygens (including phenoxy) is 1. The van der Waals surface area contributed by atoms with Crippen molar-refractivity contribution < 1.29 is 9.53 Å². The second-order valence-corrected chi connectivity index (χ2v) is 10.7. The quantitative estimate of drug-likeness (QED) is 0.302. The summed E-state index contributed by atoms with van der Waals surface area (Å²) < 4.78 is 5.85. The lowest BCUT2D eigenvalue weighted by molar-refractivity contribution is 0.0216. The van der Waals surface area contributed by atoms with Crippen LogP contribution in [-0.2, 0) is 11.2 Å². The van der Waals surface area contributed by atoms with Gasteiger partial charge in [-0.25, -0.2) is 9.78 Å². The predicted molar refractivity (Wildman–Crippen MR) is 135 cm³/mol. The van der Waals surface area contributed by atoms with Gasteiger partial charge in [0, 0.05) is 13.1 Å². The summed E-state index contributed by atoms with van der Waals surface area (Å²) in [5.74, 6) is 1.29. The number of aromatic nitrogens is 2. The zero-order valence-electron chi connectivity index (χ0n) is 19.1. The van der Waals surface area contributed by atoms with E-state index in [0.29, 0.717) is 10.8 Å². The van der Waals surface area contributed by atoms with Crippen LogP contribution in [0.15, 0.2) is 30.3 Å². The van der Waals surface area contributed by atoms with Crippen LogP contribution in [-0.4, -0.2) is 35.1 Å². The second-order valence-electron chi connectivity index (χ2n) is 9.34. The number of esters is 1. The smallest absolute Gasteiger partial charge is 0.348 e. The molecule has 2 fully saturated rings. The van der Waals surface area contributed by atoms with Crippen LogP contribution in [0.5, 0.6) is 0 Å². The molecule has 174 valence electrons. The number of rotatable bonds is 5. The molecule has 5 rings (SSSR count). The number of carbonyl (C=O) groups excluding carboxylic acids is 1. The Labute approximate surface area is 204 Å². The number of thiophene rings is 1. The molecule has 3 aromatic rings. The molecule has 0 unspecified atom stereocenters. The molecule has 7 heteroatoms. The molecule has 2 aliphatic rings. The molecule has 0 radical (unpaired) electrons. The highest BCUT2D eigenvalue weighted by molar-refractivity contribution is 7.20. The monoisotopic (exact) mass is 483 g/mol. The van der Waals surface area contributed by atoms with Crippen molar-refractivity contribution in [2.24, 2.45) is 5.92 Å². The van der Waals surface area contributed by atoms with E-state index in [1.54, 1.807) is 0 Å². The molecule has 0 spiro atoms.